The van der Waals surface area contributed by atoms with Crippen LogP contribution >= 0.6 is 0 Å². The number of rotatable bonds is 7. The number of para-hydroxylation sites is 1. The molecule has 7 heteroatoms. The molecule has 31 heavy (non-hydrogen) atoms. The Morgan fingerprint density at radius 3 is 2.48 bits per heavy atom. The number of carbonyl (C=O) groups is 2. The van der Waals surface area contributed by atoms with Gasteiger partial charge in [0.2, 0.25) is 0 Å². The SMILES string of the molecule is CCCCn1c2c(C(=O)O)cccc2c(=O)n1C(=O)NCc1c(C)cccc1C(C)C. The van der Waals surface area contributed by atoms with Crippen LogP contribution < -0.4 is 10.9 Å². The molecule has 0 bridgehead atoms. The van der Waals surface area contributed by atoms with Crippen LogP contribution in [0.15, 0.2) is 41.2 Å². The summed E-state index contributed by atoms with van der Waals surface area (Å²) < 4.78 is 2.54. The molecule has 0 saturated carbocycles. The number of carboxylic acid groups (broad SMARTS) is 1. The number of fused-ring (bicyclic) bond motifs is 1. The molecule has 2 N–H and O–H groups in total. The Bertz CT molecular complexity index is 1190. The van der Waals surface area contributed by atoms with Crippen LogP contribution in [0, 0.1) is 6.92 Å². The van der Waals surface area contributed by atoms with Gasteiger partial charge in [0.1, 0.15) is 0 Å². The van der Waals surface area contributed by atoms with E-state index in [-0.39, 0.29) is 23.0 Å². The molecule has 7 nitrogen and oxygen atoms in total. The number of aromatic carboxylic acids is 1. The Hall–Kier alpha value is -3.35. The van der Waals surface area contributed by atoms with E-state index in [4.69, 9.17) is 0 Å². The molecule has 0 radical (unpaired) electrons. The van der Waals surface area contributed by atoms with Crippen LogP contribution in [0.3, 0.4) is 0 Å². The Labute approximate surface area is 181 Å². The Balaban J connectivity index is 2.06. The van der Waals surface area contributed by atoms with Gasteiger partial charge in [-0.05, 0) is 48.1 Å². The highest BCUT2D eigenvalue weighted by Gasteiger charge is 2.23. The second-order valence-electron chi connectivity index (χ2n) is 8.06. The van der Waals surface area contributed by atoms with E-state index in [0.29, 0.717) is 18.9 Å². The first-order chi connectivity index (χ1) is 14.8. The average Bonchev–Trinajstić information content (AvgIpc) is 3.02. The summed E-state index contributed by atoms with van der Waals surface area (Å²) in [7, 11) is 0. The van der Waals surface area contributed by atoms with Crippen molar-refractivity contribution in [3.8, 4) is 0 Å². The number of hydrogen-bond acceptors (Lipinski definition) is 3. The molecule has 3 aromatic rings. The van der Waals surface area contributed by atoms with Gasteiger partial charge in [-0.1, -0.05) is 51.5 Å². The number of benzene rings is 2. The molecule has 164 valence electrons. The van der Waals surface area contributed by atoms with Gasteiger partial charge >= 0.3 is 12.0 Å². The van der Waals surface area contributed by atoms with Crippen LogP contribution in [-0.4, -0.2) is 26.5 Å². The first-order valence-electron chi connectivity index (χ1n) is 10.6. The standard InChI is InChI=1S/C24H29N3O4/c1-5-6-13-26-21-18(11-8-12-19(21)23(29)30)22(28)27(26)24(31)25-14-20-16(4)9-7-10-17(20)15(2)3/h7-12,15H,5-6,13-14H2,1-4H3,(H,25,31)(H,29,30). The summed E-state index contributed by atoms with van der Waals surface area (Å²) in [6.07, 6.45) is 1.55. The number of carbonyl (C=O) groups excluding carboxylic acids is 1. The summed E-state index contributed by atoms with van der Waals surface area (Å²) in [5.74, 6) is -0.835. The first kappa shape index (κ1) is 22.3. The predicted octanol–water partition coefficient (Wildman–Crippen LogP) is 4.49. The fourth-order valence-corrected chi connectivity index (χ4v) is 3.96. The van der Waals surface area contributed by atoms with Crippen molar-refractivity contribution in [3.05, 3.63) is 69.0 Å². The maximum atomic E-state index is 13.1. The van der Waals surface area contributed by atoms with Gasteiger partial charge in [0.15, 0.2) is 0 Å². The smallest absolute Gasteiger partial charge is 0.344 e. The predicted molar refractivity (Wildman–Crippen MR) is 121 cm³/mol. The zero-order valence-electron chi connectivity index (χ0n) is 18.4. The van der Waals surface area contributed by atoms with Crippen molar-refractivity contribution in [2.45, 2.75) is 59.5 Å². The van der Waals surface area contributed by atoms with E-state index in [1.807, 2.05) is 32.0 Å². The van der Waals surface area contributed by atoms with E-state index in [1.165, 1.54) is 16.8 Å². The highest BCUT2D eigenvalue weighted by molar-refractivity contribution is 6.02. The quantitative estimate of drug-likeness (QED) is 0.585. The van der Waals surface area contributed by atoms with Crippen LogP contribution in [0.1, 0.15) is 66.6 Å². The van der Waals surface area contributed by atoms with E-state index < -0.39 is 17.6 Å². The van der Waals surface area contributed by atoms with E-state index >= 15 is 0 Å². The number of carboxylic acids is 1. The molecule has 2 aromatic carbocycles. The highest BCUT2D eigenvalue weighted by Crippen LogP contribution is 2.23. The molecule has 0 fully saturated rings. The lowest BCUT2D eigenvalue weighted by Gasteiger charge is -2.17. The Morgan fingerprint density at radius 1 is 1.13 bits per heavy atom. The monoisotopic (exact) mass is 423 g/mol. The second kappa shape index (κ2) is 9.20. The van der Waals surface area contributed by atoms with Crippen molar-refractivity contribution in [1.29, 1.82) is 0 Å². The largest absolute Gasteiger partial charge is 0.478 e. The number of nitrogens with one attached hydrogen (secondary N) is 1. The zero-order valence-corrected chi connectivity index (χ0v) is 18.4. The molecule has 0 unspecified atom stereocenters. The minimum Gasteiger partial charge on any atom is -0.478 e. The van der Waals surface area contributed by atoms with Crippen LogP contribution in [-0.2, 0) is 13.1 Å². The second-order valence-corrected chi connectivity index (χ2v) is 8.06. The minimum atomic E-state index is -1.13. The number of unbranched alkanes of at least 4 members (excludes halogenated alkanes) is 1. The maximum Gasteiger partial charge on any atom is 0.344 e. The van der Waals surface area contributed by atoms with Gasteiger partial charge in [-0.2, -0.15) is 4.68 Å². The van der Waals surface area contributed by atoms with Crippen molar-refractivity contribution in [3.63, 3.8) is 0 Å². The molecule has 0 saturated heterocycles. The third-order valence-electron chi connectivity index (χ3n) is 5.59. The van der Waals surface area contributed by atoms with E-state index in [0.717, 1.165) is 27.8 Å². The lowest BCUT2D eigenvalue weighted by Crippen LogP contribution is -2.38. The Morgan fingerprint density at radius 2 is 1.84 bits per heavy atom. The summed E-state index contributed by atoms with van der Waals surface area (Å²) in [5.41, 5.74) is 3.02. The fourth-order valence-electron chi connectivity index (χ4n) is 3.96. The lowest BCUT2D eigenvalue weighted by atomic mass is 9.94. The lowest BCUT2D eigenvalue weighted by molar-refractivity contribution is 0.0698. The number of aryl methyl sites for hydroxylation is 2. The van der Waals surface area contributed by atoms with Crippen molar-refractivity contribution in [2.75, 3.05) is 0 Å². The molecule has 0 aliphatic rings. The fraction of sp³-hybridized carbons (Fsp3) is 0.375. The third kappa shape index (κ3) is 4.26. The van der Waals surface area contributed by atoms with E-state index in [1.54, 1.807) is 6.07 Å². The normalized spacial score (nSPS) is 11.3. The van der Waals surface area contributed by atoms with E-state index in [9.17, 15) is 19.5 Å². The zero-order chi connectivity index (χ0) is 22.7. The highest BCUT2D eigenvalue weighted by atomic mass is 16.4. The van der Waals surface area contributed by atoms with Gasteiger partial charge in [-0.3, -0.25) is 9.48 Å². The third-order valence-corrected chi connectivity index (χ3v) is 5.59. The number of hydrogen-bond donors (Lipinski definition) is 2. The molecule has 1 amide bonds. The van der Waals surface area contributed by atoms with E-state index in [2.05, 4.69) is 19.2 Å². The van der Waals surface area contributed by atoms with Gasteiger partial charge in [0.05, 0.1) is 16.5 Å². The molecular weight excluding hydrogens is 394 g/mol. The maximum absolute atomic E-state index is 13.1. The number of nitrogens with zero attached hydrogens (tertiary/aromatic N) is 2. The molecule has 1 aromatic heterocycles. The average molecular weight is 424 g/mol. The van der Waals surface area contributed by atoms with Gasteiger partial charge in [0, 0.05) is 13.1 Å². The molecule has 0 spiro atoms. The van der Waals surface area contributed by atoms with Crippen molar-refractivity contribution >= 4 is 22.9 Å². The van der Waals surface area contributed by atoms with Crippen molar-refractivity contribution in [1.82, 2.24) is 14.7 Å². The van der Waals surface area contributed by atoms with Crippen molar-refractivity contribution < 1.29 is 14.7 Å². The molecule has 0 aliphatic carbocycles. The van der Waals surface area contributed by atoms with Crippen LogP contribution in [0.4, 0.5) is 4.79 Å². The molecular formula is C24H29N3O4. The number of aromatic nitrogens is 2. The van der Waals surface area contributed by atoms with Gasteiger partial charge in [-0.15, -0.1) is 0 Å². The summed E-state index contributed by atoms with van der Waals surface area (Å²) in [6.45, 7) is 8.84. The summed E-state index contributed by atoms with van der Waals surface area (Å²) in [5, 5.41) is 12.7. The van der Waals surface area contributed by atoms with Crippen LogP contribution in [0.5, 0.6) is 0 Å². The topological polar surface area (TPSA) is 93.3 Å². The van der Waals surface area contributed by atoms with Crippen molar-refractivity contribution in [2.24, 2.45) is 0 Å². The summed E-state index contributed by atoms with van der Waals surface area (Å²) in [4.78, 5) is 38.0. The van der Waals surface area contributed by atoms with Gasteiger partial charge < -0.3 is 10.4 Å². The molecule has 0 atom stereocenters. The molecule has 3 rings (SSSR count). The summed E-state index contributed by atoms with van der Waals surface area (Å²) in [6, 6.07) is 10.0. The van der Waals surface area contributed by atoms with Crippen LogP contribution in [0.2, 0.25) is 0 Å². The Kier molecular flexibility index (Phi) is 6.63. The summed E-state index contributed by atoms with van der Waals surface area (Å²) >= 11 is 0. The van der Waals surface area contributed by atoms with Gasteiger partial charge in [0.25, 0.3) is 5.56 Å². The number of amides is 1. The molecule has 1 heterocycles. The van der Waals surface area contributed by atoms with Crippen LogP contribution in [0.25, 0.3) is 10.9 Å². The van der Waals surface area contributed by atoms with Gasteiger partial charge in [-0.25, -0.2) is 9.59 Å². The first-order valence-corrected chi connectivity index (χ1v) is 10.6. The molecule has 0 aliphatic heterocycles. The minimum absolute atomic E-state index is 0.0123.